The first-order valence-corrected chi connectivity index (χ1v) is 8.45. The molecule has 0 unspecified atom stereocenters. The number of benzene rings is 2. The highest BCUT2D eigenvalue weighted by Crippen LogP contribution is 2.28. The van der Waals surface area contributed by atoms with Crippen molar-refractivity contribution in [2.24, 2.45) is 11.8 Å². The maximum atomic E-state index is 12.7. The Hall–Kier alpha value is -2.88. The molecule has 0 aliphatic heterocycles. The van der Waals surface area contributed by atoms with Gasteiger partial charge in [-0.1, -0.05) is 60.7 Å². The second-order valence-corrected chi connectivity index (χ2v) is 6.30. The third-order valence-corrected chi connectivity index (χ3v) is 4.60. The first-order valence-electron chi connectivity index (χ1n) is 8.45. The van der Waals surface area contributed by atoms with Gasteiger partial charge in [0.2, 0.25) is 5.91 Å². The monoisotopic (exact) mass is 335 g/mol. The maximum Gasteiger partial charge on any atom is 0.307 e. The van der Waals surface area contributed by atoms with Gasteiger partial charge >= 0.3 is 5.97 Å². The van der Waals surface area contributed by atoms with Crippen molar-refractivity contribution in [2.45, 2.75) is 19.3 Å². The van der Waals surface area contributed by atoms with Gasteiger partial charge in [-0.05, 0) is 36.5 Å². The summed E-state index contributed by atoms with van der Waals surface area (Å²) < 4.78 is 0. The molecular formula is C21H21NO3. The van der Waals surface area contributed by atoms with Gasteiger partial charge in [-0.3, -0.25) is 9.59 Å². The Morgan fingerprint density at radius 1 is 0.920 bits per heavy atom. The average molecular weight is 335 g/mol. The zero-order valence-electron chi connectivity index (χ0n) is 13.9. The molecule has 0 radical (unpaired) electrons. The summed E-state index contributed by atoms with van der Waals surface area (Å²) in [6.07, 6.45) is 5.30. The van der Waals surface area contributed by atoms with E-state index in [0.29, 0.717) is 19.3 Å². The lowest BCUT2D eigenvalue weighted by molar-refractivity contribution is -0.146. The molecule has 4 heteroatoms. The smallest absolute Gasteiger partial charge is 0.307 e. The van der Waals surface area contributed by atoms with Crippen molar-refractivity contribution in [3.05, 3.63) is 77.9 Å². The first kappa shape index (κ1) is 17.0. The number of aliphatic carboxylic acids is 1. The van der Waals surface area contributed by atoms with E-state index in [1.54, 1.807) is 0 Å². The molecule has 128 valence electrons. The van der Waals surface area contributed by atoms with Gasteiger partial charge in [0.25, 0.3) is 0 Å². The molecule has 2 aromatic carbocycles. The number of amides is 1. The van der Waals surface area contributed by atoms with Crippen LogP contribution in [0, 0.1) is 11.8 Å². The van der Waals surface area contributed by atoms with Gasteiger partial charge in [-0.15, -0.1) is 0 Å². The number of allylic oxidation sites excluding steroid dienone is 2. The summed E-state index contributed by atoms with van der Waals surface area (Å²) in [4.78, 5) is 24.1. The molecule has 1 aliphatic carbocycles. The van der Waals surface area contributed by atoms with Crippen LogP contribution in [-0.4, -0.2) is 17.0 Å². The molecule has 0 bridgehead atoms. The standard InChI is InChI=1S/C21H21NO3/c23-20(17-11-5-6-12-18(17)21(24)25)22-19-13-7-4-10-16(19)14-15-8-2-1-3-9-15/h1-10,13,17-18H,11-12,14H2,(H,22,23)(H,24,25)/t17-,18-/m1/s1. The number of hydrogen-bond acceptors (Lipinski definition) is 2. The molecule has 1 amide bonds. The third kappa shape index (κ3) is 4.15. The van der Waals surface area contributed by atoms with Crippen molar-refractivity contribution in [3.63, 3.8) is 0 Å². The zero-order chi connectivity index (χ0) is 17.6. The van der Waals surface area contributed by atoms with Crippen LogP contribution in [0.5, 0.6) is 0 Å². The van der Waals surface area contributed by atoms with Crippen molar-refractivity contribution >= 4 is 17.6 Å². The number of rotatable bonds is 5. The van der Waals surface area contributed by atoms with E-state index in [1.807, 2.05) is 66.7 Å². The molecule has 2 N–H and O–H groups in total. The number of hydrogen-bond donors (Lipinski definition) is 2. The largest absolute Gasteiger partial charge is 0.481 e. The minimum absolute atomic E-state index is 0.225. The predicted molar refractivity (Wildman–Crippen MR) is 97.3 cm³/mol. The van der Waals surface area contributed by atoms with Gasteiger partial charge in [-0.25, -0.2) is 0 Å². The highest BCUT2D eigenvalue weighted by Gasteiger charge is 2.34. The van der Waals surface area contributed by atoms with Gasteiger partial charge < -0.3 is 10.4 Å². The van der Waals surface area contributed by atoms with Crippen LogP contribution in [0.25, 0.3) is 0 Å². The van der Waals surface area contributed by atoms with Gasteiger partial charge in [-0.2, -0.15) is 0 Å². The predicted octanol–water partition coefficient (Wildman–Crippen LogP) is 3.88. The molecule has 0 saturated heterocycles. The Balaban J connectivity index is 1.77. The van der Waals surface area contributed by atoms with Gasteiger partial charge in [0.05, 0.1) is 11.8 Å². The quantitative estimate of drug-likeness (QED) is 0.815. The molecule has 4 nitrogen and oxygen atoms in total. The minimum Gasteiger partial charge on any atom is -0.481 e. The number of nitrogens with one attached hydrogen (secondary N) is 1. The molecule has 2 atom stereocenters. The average Bonchev–Trinajstić information content (AvgIpc) is 2.64. The van der Waals surface area contributed by atoms with Crippen LogP contribution in [-0.2, 0) is 16.0 Å². The van der Waals surface area contributed by atoms with E-state index in [2.05, 4.69) is 5.32 Å². The molecular weight excluding hydrogens is 314 g/mol. The SMILES string of the molecule is O=C(O)[C@@H]1CC=CC[C@H]1C(=O)Nc1ccccc1Cc1ccccc1. The van der Waals surface area contributed by atoms with Crippen molar-refractivity contribution in [1.82, 2.24) is 0 Å². The number of carbonyl (C=O) groups excluding carboxylic acids is 1. The zero-order valence-corrected chi connectivity index (χ0v) is 13.9. The number of carboxylic acid groups (broad SMARTS) is 1. The maximum absolute atomic E-state index is 12.7. The fourth-order valence-corrected chi connectivity index (χ4v) is 3.21. The highest BCUT2D eigenvalue weighted by molar-refractivity contribution is 5.96. The lowest BCUT2D eigenvalue weighted by Gasteiger charge is -2.24. The Morgan fingerprint density at radius 2 is 1.56 bits per heavy atom. The summed E-state index contributed by atoms with van der Waals surface area (Å²) in [6.45, 7) is 0. The van der Waals surface area contributed by atoms with Gasteiger partial charge in [0.15, 0.2) is 0 Å². The second-order valence-electron chi connectivity index (χ2n) is 6.30. The van der Waals surface area contributed by atoms with Crippen LogP contribution in [0.3, 0.4) is 0 Å². The van der Waals surface area contributed by atoms with Crippen LogP contribution in [0.1, 0.15) is 24.0 Å². The molecule has 0 fully saturated rings. The highest BCUT2D eigenvalue weighted by atomic mass is 16.4. The Kier molecular flexibility index (Phi) is 5.29. The van der Waals surface area contributed by atoms with Crippen LogP contribution < -0.4 is 5.32 Å². The van der Waals surface area contributed by atoms with Crippen LogP contribution in [0.4, 0.5) is 5.69 Å². The fourth-order valence-electron chi connectivity index (χ4n) is 3.21. The lowest BCUT2D eigenvalue weighted by atomic mass is 9.82. The third-order valence-electron chi connectivity index (χ3n) is 4.60. The Bertz CT molecular complexity index is 783. The topological polar surface area (TPSA) is 66.4 Å². The molecule has 1 aliphatic rings. The molecule has 3 rings (SSSR count). The molecule has 0 saturated carbocycles. The minimum atomic E-state index is -0.915. The fraction of sp³-hybridized carbons (Fsp3) is 0.238. The lowest BCUT2D eigenvalue weighted by Crippen LogP contribution is -2.34. The van der Waals surface area contributed by atoms with Gasteiger partial charge in [0.1, 0.15) is 0 Å². The Morgan fingerprint density at radius 3 is 2.28 bits per heavy atom. The summed E-state index contributed by atoms with van der Waals surface area (Å²) in [5.74, 6) is -2.34. The Labute approximate surface area is 147 Å². The van der Waals surface area contributed by atoms with E-state index < -0.39 is 17.8 Å². The summed E-state index contributed by atoms with van der Waals surface area (Å²) in [5, 5.41) is 12.3. The number of para-hydroxylation sites is 1. The van der Waals surface area contributed by atoms with E-state index >= 15 is 0 Å². The normalized spacial score (nSPS) is 19.4. The summed E-state index contributed by atoms with van der Waals surface area (Å²) in [6, 6.07) is 17.7. The molecule has 0 spiro atoms. The summed E-state index contributed by atoms with van der Waals surface area (Å²) in [7, 11) is 0. The number of carbonyl (C=O) groups is 2. The molecule has 2 aromatic rings. The van der Waals surface area contributed by atoms with E-state index in [-0.39, 0.29) is 5.91 Å². The van der Waals surface area contributed by atoms with Crippen molar-refractivity contribution in [1.29, 1.82) is 0 Å². The van der Waals surface area contributed by atoms with E-state index in [1.165, 1.54) is 0 Å². The number of carboxylic acids is 1. The molecule has 25 heavy (non-hydrogen) atoms. The van der Waals surface area contributed by atoms with E-state index in [9.17, 15) is 14.7 Å². The van der Waals surface area contributed by atoms with E-state index in [4.69, 9.17) is 0 Å². The summed E-state index contributed by atoms with van der Waals surface area (Å²) in [5.41, 5.74) is 2.92. The van der Waals surface area contributed by atoms with Crippen molar-refractivity contribution in [3.8, 4) is 0 Å². The van der Waals surface area contributed by atoms with Crippen LogP contribution in [0.2, 0.25) is 0 Å². The number of anilines is 1. The van der Waals surface area contributed by atoms with Crippen LogP contribution in [0.15, 0.2) is 66.7 Å². The van der Waals surface area contributed by atoms with Crippen molar-refractivity contribution in [2.75, 3.05) is 5.32 Å². The van der Waals surface area contributed by atoms with Crippen molar-refractivity contribution < 1.29 is 14.7 Å². The van der Waals surface area contributed by atoms with Crippen LogP contribution >= 0.6 is 0 Å². The summed E-state index contributed by atoms with van der Waals surface area (Å²) >= 11 is 0. The first-order chi connectivity index (χ1) is 12.1. The molecule has 0 aromatic heterocycles. The second kappa shape index (κ2) is 7.79. The molecule has 0 heterocycles. The van der Waals surface area contributed by atoms with E-state index in [0.717, 1.165) is 16.8 Å². The van der Waals surface area contributed by atoms with Gasteiger partial charge in [0, 0.05) is 5.69 Å².